The normalized spacial score (nSPS) is 11.5. The molecule has 2 N–H and O–H groups in total. The van der Waals surface area contributed by atoms with Gasteiger partial charge in [-0.2, -0.15) is 0 Å². The minimum atomic E-state index is -0.386. The Labute approximate surface area is 129 Å². The summed E-state index contributed by atoms with van der Waals surface area (Å²) in [6, 6.07) is 8.34. The van der Waals surface area contributed by atoms with Gasteiger partial charge in [0.25, 0.3) is 0 Å². The van der Waals surface area contributed by atoms with Crippen molar-refractivity contribution in [2.75, 3.05) is 13.6 Å². The summed E-state index contributed by atoms with van der Waals surface area (Å²) in [5.41, 5.74) is 8.00. The van der Waals surface area contributed by atoms with Crippen LogP contribution in [0.15, 0.2) is 24.3 Å². The second-order valence-electron chi connectivity index (χ2n) is 6.13. The first-order chi connectivity index (χ1) is 9.99. The third-order valence-corrected chi connectivity index (χ3v) is 4.19. The van der Waals surface area contributed by atoms with Crippen molar-refractivity contribution in [2.24, 2.45) is 11.1 Å². The first-order valence-corrected chi connectivity index (χ1v) is 8.00. The summed E-state index contributed by atoms with van der Waals surface area (Å²) in [5.74, 6) is 0.189. The monoisotopic (exact) mass is 290 g/mol. The highest BCUT2D eigenvalue weighted by atomic mass is 16.2. The Morgan fingerprint density at radius 1 is 1.14 bits per heavy atom. The van der Waals surface area contributed by atoms with E-state index in [0.717, 1.165) is 31.2 Å². The molecule has 0 saturated carbocycles. The number of benzene rings is 1. The van der Waals surface area contributed by atoms with Crippen LogP contribution in [0.2, 0.25) is 0 Å². The van der Waals surface area contributed by atoms with Gasteiger partial charge >= 0.3 is 0 Å². The number of hydrogen-bond donors (Lipinski definition) is 1. The molecule has 3 heteroatoms. The van der Waals surface area contributed by atoms with Gasteiger partial charge in [0.2, 0.25) is 5.91 Å². The van der Waals surface area contributed by atoms with Crippen molar-refractivity contribution in [1.82, 2.24) is 4.90 Å². The Morgan fingerprint density at radius 3 is 2.10 bits per heavy atom. The van der Waals surface area contributed by atoms with E-state index in [1.807, 2.05) is 11.9 Å². The molecule has 0 heterocycles. The van der Waals surface area contributed by atoms with Crippen molar-refractivity contribution >= 4 is 5.91 Å². The fourth-order valence-electron chi connectivity index (χ4n) is 3.03. The number of aryl methyl sites for hydroxylation is 1. The van der Waals surface area contributed by atoms with Crippen LogP contribution in [0.3, 0.4) is 0 Å². The number of carbonyl (C=O) groups is 1. The van der Waals surface area contributed by atoms with Crippen LogP contribution in [0, 0.1) is 12.3 Å². The van der Waals surface area contributed by atoms with Crippen LogP contribution in [-0.2, 0) is 11.3 Å². The van der Waals surface area contributed by atoms with E-state index >= 15 is 0 Å². The molecule has 0 radical (unpaired) electrons. The quantitative estimate of drug-likeness (QED) is 0.796. The van der Waals surface area contributed by atoms with Crippen LogP contribution in [-0.4, -0.2) is 24.4 Å². The van der Waals surface area contributed by atoms with E-state index in [9.17, 15) is 4.79 Å². The Morgan fingerprint density at radius 2 is 1.67 bits per heavy atom. The van der Waals surface area contributed by atoms with E-state index in [2.05, 4.69) is 45.0 Å². The van der Waals surface area contributed by atoms with E-state index < -0.39 is 0 Å². The molecule has 0 bridgehead atoms. The van der Waals surface area contributed by atoms with Gasteiger partial charge in [0.15, 0.2) is 0 Å². The summed E-state index contributed by atoms with van der Waals surface area (Å²) < 4.78 is 0. The van der Waals surface area contributed by atoms with Gasteiger partial charge in [0, 0.05) is 20.1 Å². The SMILES string of the molecule is CCCC(CN)(CCC)C(=O)N(C)Cc1ccc(C)cc1. The Balaban J connectivity index is 2.84. The van der Waals surface area contributed by atoms with Crippen molar-refractivity contribution in [2.45, 2.75) is 53.0 Å². The molecule has 1 aromatic carbocycles. The average Bonchev–Trinajstić information content (AvgIpc) is 2.48. The van der Waals surface area contributed by atoms with Crippen molar-refractivity contribution in [3.05, 3.63) is 35.4 Å². The van der Waals surface area contributed by atoms with Gasteiger partial charge in [0.05, 0.1) is 5.41 Å². The van der Waals surface area contributed by atoms with Crippen LogP contribution >= 0.6 is 0 Å². The summed E-state index contributed by atoms with van der Waals surface area (Å²) in [6.45, 7) is 7.39. The van der Waals surface area contributed by atoms with E-state index in [1.165, 1.54) is 5.56 Å². The molecule has 0 spiro atoms. The molecule has 0 saturated heterocycles. The zero-order valence-corrected chi connectivity index (χ0v) is 14.0. The van der Waals surface area contributed by atoms with Gasteiger partial charge in [-0.25, -0.2) is 0 Å². The maximum atomic E-state index is 12.9. The minimum Gasteiger partial charge on any atom is -0.341 e. The van der Waals surface area contributed by atoms with Crippen molar-refractivity contribution in [3.8, 4) is 0 Å². The van der Waals surface area contributed by atoms with Gasteiger partial charge < -0.3 is 10.6 Å². The highest BCUT2D eigenvalue weighted by Gasteiger charge is 2.37. The number of nitrogens with two attached hydrogens (primary N) is 1. The van der Waals surface area contributed by atoms with E-state index in [-0.39, 0.29) is 11.3 Å². The summed E-state index contributed by atoms with van der Waals surface area (Å²) in [7, 11) is 1.89. The van der Waals surface area contributed by atoms with Gasteiger partial charge in [0.1, 0.15) is 0 Å². The van der Waals surface area contributed by atoms with Gasteiger partial charge in [-0.05, 0) is 25.3 Å². The molecule has 1 aromatic rings. The summed E-state index contributed by atoms with van der Waals surface area (Å²) in [6.07, 6.45) is 3.71. The number of hydrogen-bond acceptors (Lipinski definition) is 2. The third kappa shape index (κ3) is 4.57. The molecule has 118 valence electrons. The molecular weight excluding hydrogens is 260 g/mol. The van der Waals surface area contributed by atoms with Crippen molar-refractivity contribution in [3.63, 3.8) is 0 Å². The standard InChI is InChI=1S/C18H30N2O/c1-5-11-18(14-19,12-6-2)17(21)20(4)13-16-9-7-15(3)8-10-16/h7-10H,5-6,11-14,19H2,1-4H3. The number of nitrogens with zero attached hydrogens (tertiary/aromatic N) is 1. The molecule has 0 aliphatic carbocycles. The molecule has 21 heavy (non-hydrogen) atoms. The van der Waals surface area contributed by atoms with Crippen molar-refractivity contribution in [1.29, 1.82) is 0 Å². The van der Waals surface area contributed by atoms with Crippen LogP contribution < -0.4 is 5.73 Å². The smallest absolute Gasteiger partial charge is 0.230 e. The maximum absolute atomic E-state index is 12.9. The predicted octanol–water partition coefficient (Wildman–Crippen LogP) is 3.50. The fourth-order valence-corrected chi connectivity index (χ4v) is 3.03. The molecule has 0 atom stereocenters. The lowest BCUT2D eigenvalue weighted by Crippen LogP contribution is -2.46. The molecule has 1 amide bonds. The van der Waals surface area contributed by atoms with Gasteiger partial charge in [-0.1, -0.05) is 56.5 Å². The van der Waals surface area contributed by atoms with E-state index in [0.29, 0.717) is 13.1 Å². The first-order valence-electron chi connectivity index (χ1n) is 8.00. The van der Waals surface area contributed by atoms with Crippen LogP contribution in [0.5, 0.6) is 0 Å². The molecular formula is C18H30N2O. The van der Waals surface area contributed by atoms with Crippen LogP contribution in [0.4, 0.5) is 0 Å². The molecule has 0 aliphatic heterocycles. The second-order valence-corrected chi connectivity index (χ2v) is 6.13. The highest BCUT2D eigenvalue weighted by molar-refractivity contribution is 5.82. The fraction of sp³-hybridized carbons (Fsp3) is 0.611. The number of carbonyl (C=O) groups excluding carboxylic acids is 1. The predicted molar refractivity (Wildman–Crippen MR) is 89.0 cm³/mol. The summed E-state index contributed by atoms with van der Waals surface area (Å²) >= 11 is 0. The zero-order valence-electron chi connectivity index (χ0n) is 14.0. The topological polar surface area (TPSA) is 46.3 Å². The van der Waals surface area contributed by atoms with E-state index in [1.54, 1.807) is 0 Å². The van der Waals surface area contributed by atoms with Crippen LogP contribution in [0.25, 0.3) is 0 Å². The molecule has 3 nitrogen and oxygen atoms in total. The van der Waals surface area contributed by atoms with E-state index in [4.69, 9.17) is 5.73 Å². The Bertz CT molecular complexity index is 433. The first kappa shape index (κ1) is 17.7. The minimum absolute atomic E-state index is 0.189. The lowest BCUT2D eigenvalue weighted by Gasteiger charge is -2.35. The molecule has 0 unspecified atom stereocenters. The second kappa shape index (κ2) is 8.18. The summed E-state index contributed by atoms with van der Waals surface area (Å²) in [4.78, 5) is 14.7. The van der Waals surface area contributed by atoms with Crippen molar-refractivity contribution < 1.29 is 4.79 Å². The molecule has 1 rings (SSSR count). The Hall–Kier alpha value is -1.35. The maximum Gasteiger partial charge on any atom is 0.230 e. The average molecular weight is 290 g/mol. The van der Waals surface area contributed by atoms with Crippen LogP contribution in [0.1, 0.15) is 50.7 Å². The Kier molecular flexibility index (Phi) is 6.90. The molecule has 0 aromatic heterocycles. The van der Waals surface area contributed by atoms with Gasteiger partial charge in [-0.3, -0.25) is 4.79 Å². The lowest BCUT2D eigenvalue weighted by molar-refractivity contribution is -0.141. The molecule has 0 aliphatic rings. The zero-order chi connectivity index (χ0) is 15.9. The van der Waals surface area contributed by atoms with Gasteiger partial charge in [-0.15, -0.1) is 0 Å². The lowest BCUT2D eigenvalue weighted by atomic mass is 9.78. The third-order valence-electron chi connectivity index (χ3n) is 4.19. The highest BCUT2D eigenvalue weighted by Crippen LogP contribution is 2.31. The summed E-state index contributed by atoms with van der Waals surface area (Å²) in [5, 5.41) is 0. The number of amides is 1. The number of rotatable bonds is 8. The molecule has 0 fully saturated rings. The largest absolute Gasteiger partial charge is 0.341 e.